The maximum Gasteiger partial charge on any atom is 0.253 e. The van der Waals surface area contributed by atoms with Gasteiger partial charge in [-0.15, -0.1) is 11.3 Å². The van der Waals surface area contributed by atoms with Crippen LogP contribution in [0.3, 0.4) is 0 Å². The number of hydrogen-bond acceptors (Lipinski definition) is 6. The number of thioether (sulfide) groups is 1. The number of anilines is 1. The summed E-state index contributed by atoms with van der Waals surface area (Å²) >= 11 is 2.84. The smallest absolute Gasteiger partial charge is 0.253 e. The molecule has 1 N–H and O–H groups in total. The van der Waals surface area contributed by atoms with E-state index in [0.717, 1.165) is 25.7 Å². The van der Waals surface area contributed by atoms with Gasteiger partial charge >= 0.3 is 0 Å². The summed E-state index contributed by atoms with van der Waals surface area (Å²) in [5.74, 6) is -0.379. The van der Waals surface area contributed by atoms with Crippen LogP contribution in [0.2, 0.25) is 0 Å². The molecule has 0 aliphatic rings. The van der Waals surface area contributed by atoms with E-state index >= 15 is 0 Å². The van der Waals surface area contributed by atoms with Crippen molar-refractivity contribution in [3.8, 4) is 10.4 Å². The van der Waals surface area contributed by atoms with Crippen molar-refractivity contribution in [3.63, 3.8) is 0 Å². The van der Waals surface area contributed by atoms with Crippen LogP contribution in [0.4, 0.5) is 10.1 Å². The predicted molar refractivity (Wildman–Crippen MR) is 127 cm³/mol. The Kier molecular flexibility index (Phi) is 6.48. The first kappa shape index (κ1) is 21.9. The molecule has 32 heavy (non-hydrogen) atoms. The number of nitrogens with one attached hydrogen (secondary N) is 1. The summed E-state index contributed by atoms with van der Waals surface area (Å²) in [4.78, 5) is 35.5. The molecule has 2 heterocycles. The molecule has 4 rings (SSSR count). The summed E-state index contributed by atoms with van der Waals surface area (Å²) < 4.78 is 14.1. The van der Waals surface area contributed by atoms with Crippen molar-refractivity contribution in [1.29, 1.82) is 0 Å². The third kappa shape index (κ3) is 4.95. The van der Waals surface area contributed by atoms with E-state index in [2.05, 4.69) is 15.3 Å². The molecule has 0 radical (unpaired) electrons. The third-order valence-corrected chi connectivity index (χ3v) is 6.87. The highest BCUT2D eigenvalue weighted by atomic mass is 32.2. The minimum Gasteiger partial charge on any atom is -0.345 e. The lowest BCUT2D eigenvalue weighted by atomic mass is 10.2. The quantitative estimate of drug-likeness (QED) is 0.322. The van der Waals surface area contributed by atoms with Gasteiger partial charge in [0.1, 0.15) is 17.2 Å². The van der Waals surface area contributed by atoms with E-state index in [4.69, 9.17) is 0 Å². The van der Waals surface area contributed by atoms with Crippen LogP contribution < -0.4 is 5.32 Å². The van der Waals surface area contributed by atoms with Crippen LogP contribution >= 0.6 is 23.1 Å². The molecule has 0 atom stereocenters. The van der Waals surface area contributed by atoms with Crippen molar-refractivity contribution in [2.45, 2.75) is 5.03 Å². The Morgan fingerprint density at radius 1 is 1.06 bits per heavy atom. The van der Waals surface area contributed by atoms with Crippen LogP contribution in [0.15, 0.2) is 66.0 Å². The number of benzene rings is 2. The second kappa shape index (κ2) is 9.46. The van der Waals surface area contributed by atoms with Crippen molar-refractivity contribution in [3.05, 3.63) is 72.3 Å². The minimum atomic E-state index is -0.282. The molecule has 4 aromatic rings. The number of aromatic nitrogens is 2. The fraction of sp³-hybridized carbons (Fsp3) is 0.130. The summed E-state index contributed by atoms with van der Waals surface area (Å²) in [6.45, 7) is 0. The summed E-state index contributed by atoms with van der Waals surface area (Å²) in [5.41, 5.74) is 2.86. The average Bonchev–Trinajstić information content (AvgIpc) is 3.23. The lowest BCUT2D eigenvalue weighted by Gasteiger charge is -2.11. The average molecular weight is 467 g/mol. The topological polar surface area (TPSA) is 75.2 Å². The number of carbonyl (C=O) groups is 2. The molecule has 6 nitrogen and oxygen atoms in total. The monoisotopic (exact) mass is 466 g/mol. The number of thiophene rings is 1. The van der Waals surface area contributed by atoms with E-state index in [-0.39, 0.29) is 23.4 Å². The van der Waals surface area contributed by atoms with Crippen LogP contribution in [0.5, 0.6) is 0 Å². The first-order valence-electron chi connectivity index (χ1n) is 9.65. The van der Waals surface area contributed by atoms with E-state index in [1.165, 1.54) is 46.5 Å². The molecule has 0 aliphatic carbocycles. The van der Waals surface area contributed by atoms with E-state index in [1.54, 1.807) is 50.5 Å². The zero-order valence-electron chi connectivity index (χ0n) is 17.3. The highest BCUT2D eigenvalue weighted by molar-refractivity contribution is 8.00. The zero-order valence-corrected chi connectivity index (χ0v) is 19.0. The zero-order chi connectivity index (χ0) is 22.7. The molecule has 0 bridgehead atoms. The standard InChI is InChI=1S/C23H19FN4O2S2/c1-28(2)23(30)15-5-9-17(10-6-15)27-20(29)12-31-22-21-18(25-13-26-22)11-19(32-21)14-3-7-16(24)8-4-14/h3-11,13H,12H2,1-2H3,(H,27,29). The number of amides is 2. The van der Waals surface area contributed by atoms with E-state index in [1.807, 2.05) is 6.07 Å². The molecule has 9 heteroatoms. The van der Waals surface area contributed by atoms with Crippen molar-refractivity contribution >= 4 is 50.8 Å². The first-order chi connectivity index (χ1) is 15.4. The van der Waals surface area contributed by atoms with Gasteiger partial charge in [0.05, 0.1) is 16.0 Å². The number of hydrogen-bond donors (Lipinski definition) is 1. The SMILES string of the molecule is CN(C)C(=O)c1ccc(NC(=O)CSc2ncnc3cc(-c4ccc(F)cc4)sc23)cc1. The lowest BCUT2D eigenvalue weighted by molar-refractivity contribution is -0.113. The van der Waals surface area contributed by atoms with Gasteiger partial charge < -0.3 is 10.2 Å². The minimum absolute atomic E-state index is 0.0952. The number of carbonyl (C=O) groups excluding carboxylic acids is 2. The van der Waals surface area contributed by atoms with Crippen molar-refractivity contribution in [1.82, 2.24) is 14.9 Å². The molecule has 0 spiro atoms. The normalized spacial score (nSPS) is 10.8. The van der Waals surface area contributed by atoms with Gasteiger partial charge in [-0.3, -0.25) is 9.59 Å². The van der Waals surface area contributed by atoms with Gasteiger partial charge in [-0.1, -0.05) is 23.9 Å². The van der Waals surface area contributed by atoms with Crippen molar-refractivity contribution in [2.75, 3.05) is 25.2 Å². The summed E-state index contributed by atoms with van der Waals surface area (Å²) in [5, 5.41) is 3.55. The fourth-order valence-electron chi connectivity index (χ4n) is 2.98. The summed E-state index contributed by atoms with van der Waals surface area (Å²) in [7, 11) is 3.38. The van der Waals surface area contributed by atoms with Gasteiger partial charge in [0, 0.05) is 30.2 Å². The Morgan fingerprint density at radius 2 is 1.78 bits per heavy atom. The third-order valence-electron chi connectivity index (χ3n) is 4.57. The molecular formula is C23H19FN4O2S2. The molecule has 2 aromatic heterocycles. The second-order valence-corrected chi connectivity index (χ2v) is 9.14. The van der Waals surface area contributed by atoms with Crippen molar-refractivity contribution < 1.29 is 14.0 Å². The molecule has 0 saturated carbocycles. The van der Waals surface area contributed by atoms with Crippen LogP contribution in [0, 0.1) is 5.82 Å². The van der Waals surface area contributed by atoms with Gasteiger partial charge in [0.2, 0.25) is 5.91 Å². The molecule has 0 unspecified atom stereocenters. The van der Waals surface area contributed by atoms with Gasteiger partial charge in [-0.05, 0) is 48.0 Å². The van der Waals surface area contributed by atoms with Gasteiger partial charge in [-0.25, -0.2) is 14.4 Å². The summed E-state index contributed by atoms with van der Waals surface area (Å²) in [6.07, 6.45) is 1.48. The van der Waals surface area contributed by atoms with Crippen LogP contribution in [-0.4, -0.2) is 46.5 Å². The highest BCUT2D eigenvalue weighted by Crippen LogP contribution is 2.36. The van der Waals surface area contributed by atoms with Crippen LogP contribution in [0.1, 0.15) is 10.4 Å². The Bertz CT molecular complexity index is 1270. The molecule has 162 valence electrons. The Morgan fingerprint density at radius 3 is 2.47 bits per heavy atom. The predicted octanol–water partition coefficient (Wildman–Crippen LogP) is 4.93. The molecule has 2 aromatic carbocycles. The van der Waals surface area contributed by atoms with E-state index in [0.29, 0.717) is 11.3 Å². The summed E-state index contributed by atoms with van der Waals surface area (Å²) in [6, 6.07) is 15.0. The molecule has 0 aliphatic heterocycles. The van der Waals surface area contributed by atoms with Crippen molar-refractivity contribution in [2.24, 2.45) is 0 Å². The molecule has 0 saturated heterocycles. The van der Waals surface area contributed by atoms with Gasteiger partial charge in [-0.2, -0.15) is 0 Å². The lowest BCUT2D eigenvalue weighted by Crippen LogP contribution is -2.21. The Balaban J connectivity index is 1.43. The molecular weight excluding hydrogens is 447 g/mol. The second-order valence-electron chi connectivity index (χ2n) is 7.12. The Hall–Kier alpha value is -3.30. The first-order valence-corrected chi connectivity index (χ1v) is 11.5. The number of fused-ring (bicyclic) bond motifs is 1. The molecule has 2 amide bonds. The number of halogens is 1. The molecule has 0 fully saturated rings. The van der Waals surface area contributed by atoms with Gasteiger partial charge in [0.25, 0.3) is 5.91 Å². The fourth-order valence-corrected chi connectivity index (χ4v) is 4.98. The number of nitrogens with zero attached hydrogens (tertiary/aromatic N) is 3. The largest absolute Gasteiger partial charge is 0.345 e. The van der Waals surface area contributed by atoms with Crippen LogP contribution in [0.25, 0.3) is 20.7 Å². The number of rotatable bonds is 6. The highest BCUT2D eigenvalue weighted by Gasteiger charge is 2.13. The Labute approximate surface area is 192 Å². The van der Waals surface area contributed by atoms with E-state index < -0.39 is 0 Å². The van der Waals surface area contributed by atoms with E-state index in [9.17, 15) is 14.0 Å². The maximum atomic E-state index is 13.2. The maximum absolute atomic E-state index is 13.2. The van der Waals surface area contributed by atoms with Gasteiger partial charge in [0.15, 0.2) is 0 Å². The van der Waals surface area contributed by atoms with Crippen LogP contribution in [-0.2, 0) is 4.79 Å².